The van der Waals surface area contributed by atoms with Gasteiger partial charge in [0, 0.05) is 9.26 Å². The summed E-state index contributed by atoms with van der Waals surface area (Å²) in [5.41, 5.74) is 3.15. The summed E-state index contributed by atoms with van der Waals surface area (Å²) < 4.78 is 25.5. The summed E-state index contributed by atoms with van der Waals surface area (Å²) in [6.07, 6.45) is 0.601. The fourth-order valence-corrected chi connectivity index (χ4v) is 4.76. The molecule has 0 aliphatic carbocycles. The standard InChI is InChI=1S/C16H16INO2S/c1-11-6-7-12(10-14(11)17)18-15-8-9-21(19,20)16-5-3-2-4-13(15)16/h2-7,10,15,18H,8-9H2,1H3. The molecule has 0 radical (unpaired) electrons. The number of hydrogen-bond donors (Lipinski definition) is 1. The molecule has 110 valence electrons. The van der Waals surface area contributed by atoms with Gasteiger partial charge in [0.1, 0.15) is 0 Å². The lowest BCUT2D eigenvalue weighted by molar-refractivity contribution is 0.576. The highest BCUT2D eigenvalue weighted by Crippen LogP contribution is 2.34. The number of nitrogens with one attached hydrogen (secondary N) is 1. The lowest BCUT2D eigenvalue weighted by Crippen LogP contribution is -2.24. The van der Waals surface area contributed by atoms with E-state index in [-0.39, 0.29) is 11.8 Å². The van der Waals surface area contributed by atoms with Gasteiger partial charge in [0.05, 0.1) is 16.7 Å². The van der Waals surface area contributed by atoms with Crippen LogP contribution in [0.15, 0.2) is 47.4 Å². The van der Waals surface area contributed by atoms with Crippen LogP contribution >= 0.6 is 22.6 Å². The molecule has 0 aromatic heterocycles. The number of hydrogen-bond acceptors (Lipinski definition) is 3. The van der Waals surface area contributed by atoms with Crippen LogP contribution in [0.2, 0.25) is 0 Å². The van der Waals surface area contributed by atoms with Crippen LogP contribution in [-0.4, -0.2) is 14.2 Å². The van der Waals surface area contributed by atoms with Crippen LogP contribution in [0.25, 0.3) is 0 Å². The number of rotatable bonds is 2. The Hall–Kier alpha value is -1.08. The molecule has 0 bridgehead atoms. The van der Waals surface area contributed by atoms with Gasteiger partial charge in [0.2, 0.25) is 0 Å². The summed E-state index contributed by atoms with van der Waals surface area (Å²) in [5, 5.41) is 3.47. The van der Waals surface area contributed by atoms with Crippen molar-refractivity contribution < 1.29 is 8.42 Å². The molecule has 1 N–H and O–H groups in total. The number of benzene rings is 2. The first-order chi connectivity index (χ1) is 9.97. The van der Waals surface area contributed by atoms with Crippen LogP contribution < -0.4 is 5.32 Å². The number of halogens is 1. The fourth-order valence-electron chi connectivity index (χ4n) is 2.62. The maximum atomic E-state index is 12.1. The molecule has 5 heteroatoms. The highest BCUT2D eigenvalue weighted by Gasteiger charge is 2.29. The van der Waals surface area contributed by atoms with E-state index in [0.29, 0.717) is 11.3 Å². The average molecular weight is 413 g/mol. The van der Waals surface area contributed by atoms with Crippen molar-refractivity contribution in [3.05, 3.63) is 57.2 Å². The van der Waals surface area contributed by atoms with Crippen molar-refractivity contribution in [1.82, 2.24) is 0 Å². The van der Waals surface area contributed by atoms with Gasteiger partial charge in [-0.3, -0.25) is 0 Å². The zero-order valence-electron chi connectivity index (χ0n) is 11.6. The monoisotopic (exact) mass is 413 g/mol. The molecule has 2 aromatic carbocycles. The SMILES string of the molecule is Cc1ccc(NC2CCS(=O)(=O)c3ccccc32)cc1I. The lowest BCUT2D eigenvalue weighted by atomic mass is 10.0. The summed E-state index contributed by atoms with van der Waals surface area (Å²) in [6.45, 7) is 2.08. The molecule has 1 unspecified atom stereocenters. The second kappa shape index (κ2) is 5.61. The summed E-state index contributed by atoms with van der Waals surface area (Å²) in [5.74, 6) is 0.199. The van der Waals surface area contributed by atoms with Gasteiger partial charge < -0.3 is 5.32 Å². The van der Waals surface area contributed by atoms with Gasteiger partial charge >= 0.3 is 0 Å². The van der Waals surface area contributed by atoms with E-state index in [4.69, 9.17) is 0 Å². The Morgan fingerprint density at radius 2 is 1.95 bits per heavy atom. The first-order valence-corrected chi connectivity index (χ1v) is 9.55. The number of fused-ring (bicyclic) bond motifs is 1. The largest absolute Gasteiger partial charge is 0.378 e. The number of sulfone groups is 1. The van der Waals surface area contributed by atoms with E-state index in [1.807, 2.05) is 18.2 Å². The zero-order chi connectivity index (χ0) is 15.0. The molecule has 21 heavy (non-hydrogen) atoms. The lowest BCUT2D eigenvalue weighted by Gasteiger charge is -2.27. The van der Waals surface area contributed by atoms with E-state index in [9.17, 15) is 8.42 Å². The molecule has 0 amide bonds. The van der Waals surface area contributed by atoms with Crippen LogP contribution in [0.5, 0.6) is 0 Å². The number of aryl methyl sites for hydroxylation is 1. The Morgan fingerprint density at radius 1 is 1.19 bits per heavy atom. The molecule has 1 aliphatic rings. The van der Waals surface area contributed by atoms with Crippen molar-refractivity contribution >= 4 is 38.1 Å². The molecule has 1 aliphatic heterocycles. The molecule has 1 heterocycles. The zero-order valence-corrected chi connectivity index (χ0v) is 14.6. The van der Waals surface area contributed by atoms with Crippen molar-refractivity contribution in [3.63, 3.8) is 0 Å². The smallest absolute Gasteiger partial charge is 0.178 e. The third-order valence-electron chi connectivity index (χ3n) is 3.82. The van der Waals surface area contributed by atoms with Crippen LogP contribution in [0, 0.1) is 10.5 Å². The fraction of sp³-hybridized carbons (Fsp3) is 0.250. The highest BCUT2D eigenvalue weighted by molar-refractivity contribution is 14.1. The van der Waals surface area contributed by atoms with Crippen LogP contribution in [-0.2, 0) is 9.84 Å². The molecule has 2 aromatic rings. The molecular formula is C16H16INO2S. The Labute approximate surface area is 138 Å². The summed E-state index contributed by atoms with van der Waals surface area (Å²) in [6, 6.07) is 13.6. The topological polar surface area (TPSA) is 46.2 Å². The first kappa shape index (κ1) is 14.8. The van der Waals surface area contributed by atoms with Crippen molar-refractivity contribution in [2.45, 2.75) is 24.3 Å². The average Bonchev–Trinajstić information content (AvgIpc) is 2.46. The molecular weight excluding hydrogens is 397 g/mol. The molecule has 0 spiro atoms. The van der Waals surface area contributed by atoms with E-state index in [0.717, 1.165) is 11.3 Å². The first-order valence-electron chi connectivity index (χ1n) is 6.82. The van der Waals surface area contributed by atoms with E-state index in [1.54, 1.807) is 12.1 Å². The van der Waals surface area contributed by atoms with E-state index in [2.05, 4.69) is 47.0 Å². The summed E-state index contributed by atoms with van der Waals surface area (Å²) >= 11 is 2.31. The number of anilines is 1. The minimum atomic E-state index is -3.12. The van der Waals surface area contributed by atoms with Gasteiger partial charge in [-0.25, -0.2) is 8.42 Å². The second-order valence-electron chi connectivity index (χ2n) is 5.31. The Morgan fingerprint density at radius 3 is 2.71 bits per heavy atom. The summed E-state index contributed by atoms with van der Waals surface area (Å²) in [4.78, 5) is 0.468. The molecule has 3 nitrogen and oxygen atoms in total. The van der Waals surface area contributed by atoms with E-state index >= 15 is 0 Å². The minimum Gasteiger partial charge on any atom is -0.378 e. The predicted octanol–water partition coefficient (Wildman–Crippen LogP) is 3.93. The van der Waals surface area contributed by atoms with E-state index in [1.165, 1.54) is 9.13 Å². The van der Waals surface area contributed by atoms with Crippen molar-refractivity contribution in [2.75, 3.05) is 11.1 Å². The third-order valence-corrected chi connectivity index (χ3v) is 6.79. The molecule has 0 saturated heterocycles. The maximum absolute atomic E-state index is 12.1. The van der Waals surface area contributed by atoms with Gasteiger partial charge in [0.15, 0.2) is 9.84 Å². The normalized spacial score (nSPS) is 19.8. The predicted molar refractivity (Wildman–Crippen MR) is 93.4 cm³/mol. The second-order valence-corrected chi connectivity index (χ2v) is 8.55. The van der Waals surface area contributed by atoms with Crippen LogP contribution in [0.4, 0.5) is 5.69 Å². The Bertz CT molecular complexity index is 787. The molecule has 1 atom stereocenters. The Kier molecular flexibility index (Phi) is 3.96. The minimum absolute atomic E-state index is 0.0447. The van der Waals surface area contributed by atoms with Gasteiger partial charge in [-0.05, 0) is 65.3 Å². The van der Waals surface area contributed by atoms with Crippen molar-refractivity contribution in [1.29, 1.82) is 0 Å². The molecule has 3 rings (SSSR count). The van der Waals surface area contributed by atoms with Gasteiger partial charge in [0.25, 0.3) is 0 Å². The van der Waals surface area contributed by atoms with E-state index < -0.39 is 9.84 Å². The van der Waals surface area contributed by atoms with Gasteiger partial charge in [-0.2, -0.15) is 0 Å². The highest BCUT2D eigenvalue weighted by atomic mass is 127. The van der Waals surface area contributed by atoms with Crippen LogP contribution in [0.1, 0.15) is 23.6 Å². The van der Waals surface area contributed by atoms with Crippen molar-refractivity contribution in [3.8, 4) is 0 Å². The maximum Gasteiger partial charge on any atom is 0.178 e. The van der Waals surface area contributed by atoms with Gasteiger partial charge in [-0.15, -0.1) is 0 Å². The van der Waals surface area contributed by atoms with Crippen molar-refractivity contribution in [2.24, 2.45) is 0 Å². The van der Waals surface area contributed by atoms with Gasteiger partial charge in [-0.1, -0.05) is 24.3 Å². The Balaban J connectivity index is 1.95. The molecule has 0 saturated carbocycles. The third kappa shape index (κ3) is 2.94. The van der Waals surface area contributed by atoms with Crippen LogP contribution in [0.3, 0.4) is 0 Å². The summed E-state index contributed by atoms with van der Waals surface area (Å²) in [7, 11) is -3.12. The molecule has 0 fully saturated rings. The quantitative estimate of drug-likeness (QED) is 0.760.